The smallest absolute Gasteiger partial charge is 0.275 e. The topological polar surface area (TPSA) is 91.7 Å². The number of anilines is 1. The number of carbonyl (C=O) groups is 1. The number of carbonyl (C=O) groups excluding carboxylic acids is 1. The minimum atomic E-state index is -0.744. The molecule has 2 aromatic rings. The first-order valence-electron chi connectivity index (χ1n) is 7.14. The molecule has 1 saturated heterocycles. The van der Waals surface area contributed by atoms with Crippen LogP contribution in [0.4, 0.5) is 5.69 Å². The molecule has 9 heteroatoms. The molecule has 1 amide bonds. The van der Waals surface area contributed by atoms with Crippen LogP contribution in [0.3, 0.4) is 0 Å². The lowest BCUT2D eigenvalue weighted by Crippen LogP contribution is -2.24. The molecule has 1 aliphatic rings. The van der Waals surface area contributed by atoms with Gasteiger partial charge in [0.1, 0.15) is 22.9 Å². The van der Waals surface area contributed by atoms with Crippen LogP contribution in [0, 0.1) is 0 Å². The monoisotopic (exact) mass is 388 g/mol. The molecule has 0 radical (unpaired) electrons. The van der Waals surface area contributed by atoms with Gasteiger partial charge < -0.3 is 20.3 Å². The fraction of sp³-hybridized carbons (Fsp3) is 0.333. The first kappa shape index (κ1) is 17.6. The summed E-state index contributed by atoms with van der Waals surface area (Å²) in [4.78, 5) is 16.5. The number of benzene rings is 1. The van der Waals surface area contributed by atoms with Crippen LogP contribution in [-0.2, 0) is 4.74 Å². The Kier molecular flexibility index (Phi) is 5.39. The van der Waals surface area contributed by atoms with Gasteiger partial charge in [-0.05, 0) is 12.1 Å². The van der Waals surface area contributed by atoms with Crippen LogP contribution in [-0.4, -0.2) is 39.9 Å². The fourth-order valence-corrected chi connectivity index (χ4v) is 3.57. The molecule has 6 nitrogen and oxygen atoms in total. The van der Waals surface area contributed by atoms with E-state index >= 15 is 0 Å². The third-order valence-electron chi connectivity index (χ3n) is 3.63. The van der Waals surface area contributed by atoms with Gasteiger partial charge in [-0.2, -0.15) is 0 Å². The second-order valence-corrected chi connectivity index (χ2v) is 6.95. The van der Waals surface area contributed by atoms with E-state index in [4.69, 9.17) is 33.0 Å². The van der Waals surface area contributed by atoms with E-state index in [-0.39, 0.29) is 17.3 Å². The Bertz CT molecular complexity index is 755. The number of hydrogen-bond acceptors (Lipinski definition) is 6. The average Bonchev–Trinajstić information content (AvgIpc) is 3.18. The Morgan fingerprint density at radius 2 is 2.25 bits per heavy atom. The number of halogens is 2. The van der Waals surface area contributed by atoms with E-state index in [0.29, 0.717) is 22.1 Å². The highest BCUT2D eigenvalue weighted by Crippen LogP contribution is 2.35. The molecule has 3 rings (SSSR count). The van der Waals surface area contributed by atoms with Gasteiger partial charge in [-0.3, -0.25) is 4.79 Å². The molecule has 0 aliphatic carbocycles. The summed E-state index contributed by atoms with van der Waals surface area (Å²) in [6.07, 6.45) is -1.47. The Morgan fingerprint density at radius 3 is 2.96 bits per heavy atom. The van der Waals surface area contributed by atoms with Gasteiger partial charge in [-0.1, -0.05) is 29.3 Å². The van der Waals surface area contributed by atoms with Crippen LogP contribution < -0.4 is 5.32 Å². The highest BCUT2D eigenvalue weighted by molar-refractivity contribution is 7.09. The van der Waals surface area contributed by atoms with Gasteiger partial charge >= 0.3 is 0 Å². The summed E-state index contributed by atoms with van der Waals surface area (Å²) in [7, 11) is 0. The first-order valence-corrected chi connectivity index (χ1v) is 8.78. The number of rotatable bonds is 4. The summed E-state index contributed by atoms with van der Waals surface area (Å²) in [6.45, 7) is -0.260. The molecule has 24 heavy (non-hydrogen) atoms. The molecule has 3 N–H and O–H groups in total. The zero-order valence-corrected chi connectivity index (χ0v) is 14.6. The predicted octanol–water partition coefficient (Wildman–Crippen LogP) is 2.89. The maximum absolute atomic E-state index is 12.3. The number of hydrogen-bond donors (Lipinski definition) is 3. The molecule has 3 atom stereocenters. The Hall–Kier alpha value is -1.22. The normalized spacial score (nSPS) is 23.4. The van der Waals surface area contributed by atoms with Gasteiger partial charge in [-0.25, -0.2) is 4.98 Å². The van der Waals surface area contributed by atoms with Gasteiger partial charge in [0, 0.05) is 11.8 Å². The van der Waals surface area contributed by atoms with Crippen molar-refractivity contribution < 1.29 is 19.7 Å². The quantitative estimate of drug-likeness (QED) is 0.748. The maximum Gasteiger partial charge on any atom is 0.275 e. The van der Waals surface area contributed by atoms with Gasteiger partial charge in [0.05, 0.1) is 28.4 Å². The standard InChI is InChI=1S/C15H14Cl2N2O4S/c16-7-2-1-3-8(13(7)17)18-14(22)9-6-24-15(19-9)11-4-10(21)12(5-20)23-11/h1-3,6,10-12,20-21H,4-5H2,(H,18,22)/t10-,11+,12+/m0/s1. The zero-order valence-electron chi connectivity index (χ0n) is 12.3. The number of aromatic nitrogens is 1. The van der Waals surface area contributed by atoms with Crippen molar-refractivity contribution in [1.29, 1.82) is 0 Å². The number of aliphatic hydroxyl groups is 2. The number of nitrogens with one attached hydrogen (secondary N) is 1. The van der Waals surface area contributed by atoms with Crippen LogP contribution in [0.1, 0.15) is 28.0 Å². The fourth-order valence-electron chi connectivity index (χ4n) is 2.38. The van der Waals surface area contributed by atoms with E-state index < -0.39 is 24.2 Å². The number of thiazole rings is 1. The molecule has 2 heterocycles. The van der Waals surface area contributed by atoms with Crippen molar-refractivity contribution in [3.63, 3.8) is 0 Å². The molecule has 0 saturated carbocycles. The lowest BCUT2D eigenvalue weighted by atomic mass is 10.1. The van der Waals surface area contributed by atoms with Gasteiger partial charge in [-0.15, -0.1) is 11.3 Å². The number of aliphatic hydroxyl groups excluding tert-OH is 2. The number of amides is 1. The van der Waals surface area contributed by atoms with Crippen molar-refractivity contribution in [3.8, 4) is 0 Å². The van der Waals surface area contributed by atoms with E-state index in [2.05, 4.69) is 10.3 Å². The molecule has 0 unspecified atom stereocenters. The molecule has 0 spiro atoms. The molecular formula is C15H14Cl2N2O4S. The lowest BCUT2D eigenvalue weighted by Gasteiger charge is -2.10. The van der Waals surface area contributed by atoms with Crippen molar-refractivity contribution in [1.82, 2.24) is 4.98 Å². The van der Waals surface area contributed by atoms with E-state index in [1.807, 2.05) is 0 Å². The summed E-state index contributed by atoms with van der Waals surface area (Å²) in [6, 6.07) is 4.95. The second kappa shape index (κ2) is 7.35. The summed E-state index contributed by atoms with van der Waals surface area (Å²) in [5.41, 5.74) is 0.619. The number of nitrogens with zero attached hydrogens (tertiary/aromatic N) is 1. The number of ether oxygens (including phenoxy) is 1. The predicted molar refractivity (Wildman–Crippen MR) is 91.9 cm³/mol. The van der Waals surface area contributed by atoms with Crippen LogP contribution >= 0.6 is 34.5 Å². The molecule has 1 aromatic carbocycles. The van der Waals surface area contributed by atoms with Crippen molar-refractivity contribution in [2.24, 2.45) is 0 Å². The van der Waals surface area contributed by atoms with Crippen molar-refractivity contribution in [3.05, 3.63) is 44.3 Å². The highest BCUT2D eigenvalue weighted by atomic mass is 35.5. The van der Waals surface area contributed by atoms with Crippen molar-refractivity contribution in [2.75, 3.05) is 11.9 Å². The minimum absolute atomic E-state index is 0.219. The first-order chi connectivity index (χ1) is 11.5. The third kappa shape index (κ3) is 3.56. The van der Waals surface area contributed by atoms with Crippen LogP contribution in [0.2, 0.25) is 10.0 Å². The van der Waals surface area contributed by atoms with Gasteiger partial charge in [0.2, 0.25) is 0 Å². The van der Waals surface area contributed by atoms with Gasteiger partial charge in [0.15, 0.2) is 0 Å². The molecule has 1 aromatic heterocycles. The SMILES string of the molecule is O=C(Nc1cccc(Cl)c1Cl)c1csc([C@H]2C[C@H](O)[C@@H](CO)O2)n1. The molecule has 128 valence electrons. The highest BCUT2D eigenvalue weighted by Gasteiger charge is 2.36. The van der Waals surface area contributed by atoms with E-state index in [9.17, 15) is 9.90 Å². The maximum atomic E-state index is 12.3. The largest absolute Gasteiger partial charge is 0.394 e. The van der Waals surface area contributed by atoms with E-state index in [0.717, 1.165) is 0 Å². The van der Waals surface area contributed by atoms with Crippen LogP contribution in [0.25, 0.3) is 0 Å². The molecule has 1 fully saturated rings. The molecule has 0 bridgehead atoms. The van der Waals surface area contributed by atoms with Crippen molar-refractivity contribution >= 4 is 46.1 Å². The van der Waals surface area contributed by atoms with E-state index in [1.54, 1.807) is 23.6 Å². The summed E-state index contributed by atoms with van der Waals surface area (Å²) in [5, 5.41) is 24.3. The Balaban J connectivity index is 1.71. The molecular weight excluding hydrogens is 375 g/mol. The summed E-state index contributed by atoms with van der Waals surface area (Å²) < 4.78 is 5.53. The minimum Gasteiger partial charge on any atom is -0.394 e. The van der Waals surface area contributed by atoms with Crippen molar-refractivity contribution in [2.45, 2.75) is 24.7 Å². The summed E-state index contributed by atoms with van der Waals surface area (Å²) in [5.74, 6) is -0.418. The Morgan fingerprint density at radius 1 is 1.46 bits per heavy atom. The lowest BCUT2D eigenvalue weighted by molar-refractivity contribution is -0.0226. The molecule has 1 aliphatic heterocycles. The van der Waals surface area contributed by atoms with E-state index in [1.165, 1.54) is 11.3 Å². The second-order valence-electron chi connectivity index (χ2n) is 5.28. The van der Waals surface area contributed by atoms with Gasteiger partial charge in [0.25, 0.3) is 5.91 Å². The summed E-state index contributed by atoms with van der Waals surface area (Å²) >= 11 is 13.2. The van der Waals surface area contributed by atoms with Crippen LogP contribution in [0.5, 0.6) is 0 Å². The average molecular weight is 389 g/mol. The van der Waals surface area contributed by atoms with Crippen LogP contribution in [0.15, 0.2) is 23.6 Å². The zero-order chi connectivity index (χ0) is 17.3. The Labute approximate surface area is 152 Å². The third-order valence-corrected chi connectivity index (χ3v) is 5.39.